The number of benzene rings is 1. The molecule has 4 rings (SSSR count). The monoisotopic (exact) mass is 474 g/mol. The Balaban J connectivity index is 1.39. The average Bonchev–Trinajstić information content (AvgIpc) is 3.55. The molecule has 33 heavy (non-hydrogen) atoms. The van der Waals surface area contributed by atoms with Crippen LogP contribution in [-0.2, 0) is 19.5 Å². The van der Waals surface area contributed by atoms with Crippen LogP contribution in [0.4, 0.5) is 0 Å². The van der Waals surface area contributed by atoms with E-state index in [9.17, 15) is 18.0 Å². The van der Waals surface area contributed by atoms with Gasteiger partial charge in [-0.05, 0) is 70.9 Å². The van der Waals surface area contributed by atoms with E-state index < -0.39 is 16.0 Å². The van der Waals surface area contributed by atoms with Crippen LogP contribution in [0.2, 0.25) is 0 Å². The quantitative estimate of drug-likeness (QED) is 0.452. The number of aryl methyl sites for hydroxylation is 1. The SMILES string of the molecule is Cc1cc(C(=O)COC(=O)c2ccc(S(=O)(=O)N3CC(C)OC(C)C3)cc2)c(C)n1C1CC1. The number of aromatic nitrogens is 1. The summed E-state index contributed by atoms with van der Waals surface area (Å²) in [6.45, 7) is 7.75. The van der Waals surface area contributed by atoms with Crippen LogP contribution in [0.3, 0.4) is 0 Å². The minimum atomic E-state index is -3.70. The Morgan fingerprint density at radius 3 is 2.24 bits per heavy atom. The number of rotatable bonds is 7. The van der Waals surface area contributed by atoms with Gasteiger partial charge in [0.25, 0.3) is 0 Å². The number of carbonyl (C=O) groups is 2. The molecule has 2 aromatic rings. The van der Waals surface area contributed by atoms with Crippen LogP contribution < -0.4 is 0 Å². The van der Waals surface area contributed by atoms with Crippen molar-refractivity contribution < 1.29 is 27.5 Å². The second-order valence-electron chi connectivity index (χ2n) is 8.99. The van der Waals surface area contributed by atoms with Crippen molar-refractivity contribution in [2.45, 2.75) is 63.7 Å². The second-order valence-corrected chi connectivity index (χ2v) is 10.9. The Kier molecular flexibility index (Phi) is 6.48. The molecule has 2 aliphatic rings. The third kappa shape index (κ3) is 4.90. The first kappa shape index (κ1) is 23.7. The van der Waals surface area contributed by atoms with Gasteiger partial charge in [0.2, 0.25) is 15.8 Å². The molecular formula is C24H30N2O6S. The van der Waals surface area contributed by atoms with E-state index in [4.69, 9.17) is 9.47 Å². The number of carbonyl (C=O) groups excluding carboxylic acids is 2. The first-order chi connectivity index (χ1) is 15.6. The molecule has 0 amide bonds. The number of morpholine rings is 1. The van der Waals surface area contributed by atoms with Crippen molar-refractivity contribution in [3.05, 3.63) is 52.8 Å². The lowest BCUT2D eigenvalue weighted by Gasteiger charge is -2.34. The summed E-state index contributed by atoms with van der Waals surface area (Å²) < 4.78 is 40.3. The molecule has 1 aliphatic carbocycles. The van der Waals surface area contributed by atoms with Crippen LogP contribution in [0, 0.1) is 13.8 Å². The fourth-order valence-corrected chi connectivity index (χ4v) is 6.08. The maximum Gasteiger partial charge on any atom is 0.338 e. The van der Waals surface area contributed by atoms with Gasteiger partial charge in [-0.15, -0.1) is 0 Å². The molecule has 8 nitrogen and oxygen atoms in total. The predicted molar refractivity (Wildman–Crippen MR) is 122 cm³/mol. The lowest BCUT2D eigenvalue weighted by atomic mass is 10.1. The third-order valence-corrected chi connectivity index (χ3v) is 7.99. The molecule has 0 spiro atoms. The van der Waals surface area contributed by atoms with E-state index in [1.807, 2.05) is 33.8 Å². The van der Waals surface area contributed by atoms with Gasteiger partial charge in [-0.2, -0.15) is 4.31 Å². The van der Waals surface area contributed by atoms with Crippen LogP contribution in [-0.4, -0.2) is 60.9 Å². The summed E-state index contributed by atoms with van der Waals surface area (Å²) in [7, 11) is -3.70. The largest absolute Gasteiger partial charge is 0.454 e. The van der Waals surface area contributed by atoms with E-state index in [0.29, 0.717) is 11.6 Å². The number of ketones is 1. The molecule has 1 saturated carbocycles. The lowest BCUT2D eigenvalue weighted by molar-refractivity contribution is -0.0440. The van der Waals surface area contributed by atoms with Crippen LogP contribution in [0.1, 0.15) is 64.8 Å². The maximum atomic E-state index is 13.0. The van der Waals surface area contributed by atoms with Gasteiger partial charge in [0, 0.05) is 36.1 Å². The Morgan fingerprint density at radius 1 is 1.06 bits per heavy atom. The molecule has 2 atom stereocenters. The Hall–Kier alpha value is -2.49. The molecule has 1 saturated heterocycles. The van der Waals surface area contributed by atoms with Gasteiger partial charge in [-0.1, -0.05) is 0 Å². The highest BCUT2D eigenvalue weighted by atomic mass is 32.2. The molecule has 178 valence electrons. The Bertz CT molecular complexity index is 1150. The molecule has 2 unspecified atom stereocenters. The normalized spacial score (nSPS) is 21.7. The number of esters is 1. The zero-order chi connectivity index (χ0) is 23.9. The number of nitrogens with zero attached hydrogens (tertiary/aromatic N) is 2. The zero-order valence-electron chi connectivity index (χ0n) is 19.4. The molecule has 0 bridgehead atoms. The topological polar surface area (TPSA) is 94.9 Å². The van der Waals surface area contributed by atoms with Crippen molar-refractivity contribution in [1.29, 1.82) is 0 Å². The molecule has 1 aromatic heterocycles. The fraction of sp³-hybridized carbons (Fsp3) is 0.500. The van der Waals surface area contributed by atoms with E-state index >= 15 is 0 Å². The number of sulfonamides is 1. The van der Waals surface area contributed by atoms with E-state index in [2.05, 4.69) is 4.57 Å². The lowest BCUT2D eigenvalue weighted by Crippen LogP contribution is -2.48. The van der Waals surface area contributed by atoms with Crippen molar-refractivity contribution in [3.8, 4) is 0 Å². The van der Waals surface area contributed by atoms with E-state index in [1.165, 1.54) is 28.6 Å². The van der Waals surface area contributed by atoms with Gasteiger partial charge in [0.15, 0.2) is 6.61 Å². The highest BCUT2D eigenvalue weighted by molar-refractivity contribution is 7.89. The number of ether oxygens (including phenoxy) is 2. The van der Waals surface area contributed by atoms with Crippen molar-refractivity contribution in [1.82, 2.24) is 8.87 Å². The molecule has 2 fully saturated rings. The second kappa shape index (κ2) is 9.04. The molecular weight excluding hydrogens is 444 g/mol. The van der Waals surface area contributed by atoms with Gasteiger partial charge in [0.1, 0.15) is 0 Å². The van der Waals surface area contributed by atoms with Crippen LogP contribution in [0.25, 0.3) is 0 Å². The van der Waals surface area contributed by atoms with Gasteiger partial charge in [0.05, 0.1) is 22.7 Å². The summed E-state index contributed by atoms with van der Waals surface area (Å²) in [6.07, 6.45) is 1.86. The van der Waals surface area contributed by atoms with E-state index in [-0.39, 0.29) is 48.1 Å². The summed E-state index contributed by atoms with van der Waals surface area (Å²) in [4.78, 5) is 25.2. The predicted octanol–water partition coefficient (Wildman–Crippen LogP) is 3.28. The van der Waals surface area contributed by atoms with Gasteiger partial charge >= 0.3 is 5.97 Å². The van der Waals surface area contributed by atoms with Crippen molar-refractivity contribution in [2.75, 3.05) is 19.7 Å². The summed E-state index contributed by atoms with van der Waals surface area (Å²) in [5, 5.41) is 0. The van der Waals surface area contributed by atoms with Gasteiger partial charge in [-0.25, -0.2) is 13.2 Å². The van der Waals surface area contributed by atoms with Gasteiger partial charge < -0.3 is 14.0 Å². The highest BCUT2D eigenvalue weighted by Crippen LogP contribution is 2.38. The summed E-state index contributed by atoms with van der Waals surface area (Å²) in [6, 6.07) is 7.91. The first-order valence-corrected chi connectivity index (χ1v) is 12.7. The maximum absolute atomic E-state index is 13.0. The van der Waals surface area contributed by atoms with Gasteiger partial charge in [-0.3, -0.25) is 4.79 Å². The molecule has 0 radical (unpaired) electrons. The molecule has 2 heterocycles. The minimum absolute atomic E-state index is 0.101. The van der Waals surface area contributed by atoms with E-state index in [1.54, 1.807) is 0 Å². The van der Waals surface area contributed by atoms with Crippen molar-refractivity contribution >= 4 is 21.8 Å². The number of hydrogen-bond donors (Lipinski definition) is 0. The molecule has 0 N–H and O–H groups in total. The standard InChI is InChI=1S/C24H30N2O6S/c1-15-11-22(18(4)26(15)20-7-8-20)23(27)14-31-24(28)19-5-9-21(10-6-19)33(29,30)25-12-16(2)32-17(3)13-25/h5-6,9-11,16-17,20H,7-8,12-14H2,1-4H3. The zero-order valence-corrected chi connectivity index (χ0v) is 20.2. The fourth-order valence-electron chi connectivity index (χ4n) is 4.49. The third-order valence-electron chi connectivity index (χ3n) is 6.15. The summed E-state index contributed by atoms with van der Waals surface area (Å²) >= 11 is 0. The summed E-state index contributed by atoms with van der Waals surface area (Å²) in [5.74, 6) is -0.921. The smallest absolute Gasteiger partial charge is 0.338 e. The molecule has 1 aromatic carbocycles. The van der Waals surface area contributed by atoms with Crippen LogP contribution in [0.5, 0.6) is 0 Å². The molecule has 1 aliphatic heterocycles. The Labute approximate surface area is 194 Å². The van der Waals surface area contributed by atoms with Crippen molar-refractivity contribution in [3.63, 3.8) is 0 Å². The van der Waals surface area contributed by atoms with Crippen molar-refractivity contribution in [2.24, 2.45) is 0 Å². The highest BCUT2D eigenvalue weighted by Gasteiger charge is 2.32. The molecule has 9 heteroatoms. The average molecular weight is 475 g/mol. The van der Waals surface area contributed by atoms with E-state index in [0.717, 1.165) is 24.2 Å². The van der Waals surface area contributed by atoms with Crippen LogP contribution >= 0.6 is 0 Å². The number of Topliss-reactive ketones (excluding diaryl/α,β-unsaturated/α-hetero) is 1. The first-order valence-electron chi connectivity index (χ1n) is 11.2. The minimum Gasteiger partial charge on any atom is -0.454 e. The Morgan fingerprint density at radius 2 is 1.67 bits per heavy atom. The summed E-state index contributed by atoms with van der Waals surface area (Å²) in [5.41, 5.74) is 2.69. The van der Waals surface area contributed by atoms with Crippen LogP contribution in [0.15, 0.2) is 35.2 Å². The number of hydrogen-bond acceptors (Lipinski definition) is 6.